The van der Waals surface area contributed by atoms with Gasteiger partial charge < -0.3 is 10.1 Å². The first-order valence-corrected chi connectivity index (χ1v) is 9.35. The molecule has 1 heterocycles. The van der Waals surface area contributed by atoms with Crippen molar-refractivity contribution in [3.05, 3.63) is 53.7 Å². The van der Waals surface area contributed by atoms with Gasteiger partial charge in [0.1, 0.15) is 5.75 Å². The molecule has 0 saturated heterocycles. The third-order valence-electron chi connectivity index (χ3n) is 3.58. The molecule has 0 unspecified atom stereocenters. The lowest BCUT2D eigenvalue weighted by molar-refractivity contribution is 0.415. The highest BCUT2D eigenvalue weighted by Gasteiger charge is 2.11. The molecule has 0 saturated carbocycles. The molecular weight excluding hydrogens is 348 g/mol. The molecule has 24 heavy (non-hydrogen) atoms. The second kappa shape index (κ2) is 6.30. The fraction of sp³-hybridized carbons (Fsp3) is 0.118. The number of hydrogen-bond donors (Lipinski definition) is 1. The molecule has 0 spiro atoms. The number of nitrogens with one attached hydrogen (secondary N) is 1. The maximum absolute atomic E-state index is 11.8. The van der Waals surface area contributed by atoms with E-state index in [0.717, 1.165) is 0 Å². The number of hydrogen-bond acceptors (Lipinski definition) is 5. The first-order chi connectivity index (χ1) is 11.4. The van der Waals surface area contributed by atoms with Crippen molar-refractivity contribution in [1.29, 1.82) is 0 Å². The summed E-state index contributed by atoms with van der Waals surface area (Å²) in [6.45, 7) is 0. The van der Waals surface area contributed by atoms with Crippen LogP contribution in [-0.4, -0.2) is 26.8 Å². The summed E-state index contributed by atoms with van der Waals surface area (Å²) >= 11 is 6.23. The van der Waals surface area contributed by atoms with Crippen molar-refractivity contribution in [2.45, 2.75) is 4.90 Å². The van der Waals surface area contributed by atoms with Crippen molar-refractivity contribution in [3.8, 4) is 5.75 Å². The number of methoxy groups -OCH3 is 1. The lowest BCUT2D eigenvalue weighted by Crippen LogP contribution is -1.99. The molecule has 7 heteroatoms. The summed E-state index contributed by atoms with van der Waals surface area (Å²) < 4.78 is 28.8. The standard InChI is InChI=1S/C17H15ClN2O3S/c1-23-11-3-5-14(18)17(9-11)20-16-7-8-19-15-6-4-12(10-13(15)16)24(2,21)22/h3-10H,1-2H3,(H,19,20). The summed E-state index contributed by atoms with van der Waals surface area (Å²) in [6.07, 6.45) is 2.83. The highest BCUT2D eigenvalue weighted by Crippen LogP contribution is 2.32. The van der Waals surface area contributed by atoms with E-state index < -0.39 is 9.84 Å². The van der Waals surface area contributed by atoms with Gasteiger partial charge in [-0.3, -0.25) is 4.98 Å². The van der Waals surface area contributed by atoms with Crippen LogP contribution in [-0.2, 0) is 9.84 Å². The van der Waals surface area contributed by atoms with Crippen LogP contribution in [0.15, 0.2) is 53.6 Å². The number of benzene rings is 2. The van der Waals surface area contributed by atoms with Crippen LogP contribution >= 0.6 is 11.6 Å². The molecule has 3 aromatic rings. The molecular formula is C17H15ClN2O3S. The summed E-state index contributed by atoms with van der Waals surface area (Å²) in [5, 5.41) is 4.44. The summed E-state index contributed by atoms with van der Waals surface area (Å²) in [5.74, 6) is 0.664. The second-order valence-corrected chi connectivity index (χ2v) is 7.70. The maximum Gasteiger partial charge on any atom is 0.175 e. The zero-order valence-electron chi connectivity index (χ0n) is 13.1. The number of ether oxygens (including phenoxy) is 1. The van der Waals surface area contributed by atoms with Crippen LogP contribution in [0.4, 0.5) is 11.4 Å². The molecule has 0 fully saturated rings. The van der Waals surface area contributed by atoms with Gasteiger partial charge in [-0.25, -0.2) is 8.42 Å². The molecule has 124 valence electrons. The van der Waals surface area contributed by atoms with E-state index in [1.807, 2.05) is 0 Å². The Labute approximate surface area is 145 Å². The van der Waals surface area contributed by atoms with Gasteiger partial charge in [0.05, 0.1) is 28.2 Å². The van der Waals surface area contributed by atoms with Crippen molar-refractivity contribution < 1.29 is 13.2 Å². The Morgan fingerprint density at radius 3 is 2.58 bits per heavy atom. The highest BCUT2D eigenvalue weighted by atomic mass is 35.5. The molecule has 2 aromatic carbocycles. The predicted octanol–water partition coefficient (Wildman–Crippen LogP) is 4.04. The molecule has 0 atom stereocenters. The van der Waals surface area contributed by atoms with E-state index in [-0.39, 0.29) is 4.90 Å². The number of aromatic nitrogens is 1. The van der Waals surface area contributed by atoms with Crippen molar-refractivity contribution in [2.75, 3.05) is 18.7 Å². The highest BCUT2D eigenvalue weighted by molar-refractivity contribution is 7.90. The molecule has 1 N–H and O–H groups in total. The van der Waals surface area contributed by atoms with Crippen LogP contribution < -0.4 is 10.1 Å². The second-order valence-electron chi connectivity index (χ2n) is 5.28. The largest absolute Gasteiger partial charge is 0.497 e. The molecule has 3 rings (SSSR count). The molecule has 0 aliphatic carbocycles. The van der Waals surface area contributed by atoms with E-state index in [0.29, 0.717) is 33.0 Å². The van der Waals surface area contributed by atoms with Crippen LogP contribution in [0.1, 0.15) is 0 Å². The first kappa shape index (κ1) is 16.5. The Morgan fingerprint density at radius 2 is 1.88 bits per heavy atom. The van der Waals surface area contributed by atoms with Gasteiger partial charge in [0.2, 0.25) is 0 Å². The van der Waals surface area contributed by atoms with Crippen molar-refractivity contribution >= 4 is 43.7 Å². The number of anilines is 2. The van der Waals surface area contributed by atoms with Gasteiger partial charge in [-0.05, 0) is 36.4 Å². The zero-order chi connectivity index (χ0) is 17.3. The lowest BCUT2D eigenvalue weighted by Gasteiger charge is -2.12. The molecule has 0 aliphatic rings. The number of rotatable bonds is 4. The van der Waals surface area contributed by atoms with Crippen LogP contribution in [0.3, 0.4) is 0 Å². The van der Waals surface area contributed by atoms with Gasteiger partial charge in [-0.1, -0.05) is 11.6 Å². The van der Waals surface area contributed by atoms with Crippen LogP contribution in [0, 0.1) is 0 Å². The smallest absolute Gasteiger partial charge is 0.175 e. The van der Waals surface area contributed by atoms with E-state index >= 15 is 0 Å². The van der Waals surface area contributed by atoms with E-state index in [1.54, 1.807) is 55.8 Å². The molecule has 1 aromatic heterocycles. The number of halogens is 1. The average Bonchev–Trinajstić information content (AvgIpc) is 2.56. The number of pyridine rings is 1. The van der Waals surface area contributed by atoms with Gasteiger partial charge in [0, 0.05) is 29.6 Å². The van der Waals surface area contributed by atoms with Gasteiger partial charge >= 0.3 is 0 Å². The van der Waals surface area contributed by atoms with E-state index in [2.05, 4.69) is 10.3 Å². The minimum Gasteiger partial charge on any atom is -0.497 e. The number of fused-ring (bicyclic) bond motifs is 1. The Hall–Kier alpha value is -2.31. The maximum atomic E-state index is 11.8. The van der Waals surface area contributed by atoms with Gasteiger partial charge in [-0.2, -0.15) is 0 Å². The Kier molecular flexibility index (Phi) is 4.34. The molecule has 0 amide bonds. The predicted molar refractivity (Wildman–Crippen MR) is 96.1 cm³/mol. The molecule has 0 bridgehead atoms. The average molecular weight is 363 g/mol. The first-order valence-electron chi connectivity index (χ1n) is 7.08. The van der Waals surface area contributed by atoms with E-state index in [4.69, 9.17) is 16.3 Å². The summed E-state index contributed by atoms with van der Waals surface area (Å²) in [7, 11) is -1.73. The van der Waals surface area contributed by atoms with E-state index in [1.165, 1.54) is 6.26 Å². The number of sulfone groups is 1. The van der Waals surface area contributed by atoms with Gasteiger partial charge in [0.15, 0.2) is 9.84 Å². The molecule has 0 radical (unpaired) electrons. The Bertz CT molecular complexity index is 1020. The van der Waals surface area contributed by atoms with E-state index in [9.17, 15) is 8.42 Å². The van der Waals surface area contributed by atoms with Crippen molar-refractivity contribution in [2.24, 2.45) is 0 Å². The van der Waals surface area contributed by atoms with Crippen molar-refractivity contribution in [3.63, 3.8) is 0 Å². The van der Waals surface area contributed by atoms with Crippen LogP contribution in [0.5, 0.6) is 5.75 Å². The Morgan fingerprint density at radius 1 is 1.08 bits per heavy atom. The fourth-order valence-corrected chi connectivity index (χ4v) is 3.15. The zero-order valence-corrected chi connectivity index (χ0v) is 14.6. The van der Waals surface area contributed by atoms with Crippen LogP contribution in [0.2, 0.25) is 5.02 Å². The summed E-state index contributed by atoms with van der Waals surface area (Å²) in [6, 6.07) is 11.9. The topological polar surface area (TPSA) is 68.3 Å². The van der Waals surface area contributed by atoms with Crippen LogP contribution in [0.25, 0.3) is 10.9 Å². The third kappa shape index (κ3) is 3.29. The van der Waals surface area contributed by atoms with Gasteiger partial charge in [0.25, 0.3) is 0 Å². The normalized spacial score (nSPS) is 11.5. The quantitative estimate of drug-likeness (QED) is 0.758. The third-order valence-corrected chi connectivity index (χ3v) is 5.02. The number of nitrogens with zero attached hydrogens (tertiary/aromatic N) is 1. The minimum atomic E-state index is -3.30. The molecule has 5 nitrogen and oxygen atoms in total. The SMILES string of the molecule is COc1ccc(Cl)c(Nc2ccnc3ccc(S(C)(=O)=O)cc23)c1. The van der Waals surface area contributed by atoms with Gasteiger partial charge in [-0.15, -0.1) is 0 Å². The minimum absolute atomic E-state index is 0.239. The Balaban J connectivity index is 2.13. The van der Waals surface area contributed by atoms with Crippen molar-refractivity contribution in [1.82, 2.24) is 4.98 Å². The summed E-state index contributed by atoms with van der Waals surface area (Å²) in [4.78, 5) is 4.51. The summed E-state index contributed by atoms with van der Waals surface area (Å²) in [5.41, 5.74) is 2.06. The molecule has 0 aliphatic heterocycles. The lowest BCUT2D eigenvalue weighted by atomic mass is 10.2. The monoisotopic (exact) mass is 362 g/mol. The fourth-order valence-electron chi connectivity index (χ4n) is 2.34.